The second-order valence-corrected chi connectivity index (χ2v) is 7.89. The molecule has 0 saturated carbocycles. The maximum atomic E-state index is 10.6. The van der Waals surface area contributed by atoms with E-state index in [4.69, 9.17) is 16.7 Å². The van der Waals surface area contributed by atoms with E-state index in [-0.39, 0.29) is 6.42 Å². The van der Waals surface area contributed by atoms with Gasteiger partial charge in [0.1, 0.15) is 4.34 Å². The number of carbonyl (C=O) groups is 1. The van der Waals surface area contributed by atoms with Crippen molar-refractivity contribution >= 4 is 62.1 Å². The zero-order valence-electron chi connectivity index (χ0n) is 10.7. The molecule has 1 N–H and O–H groups in total. The van der Waals surface area contributed by atoms with Crippen molar-refractivity contribution in [3.63, 3.8) is 0 Å². The van der Waals surface area contributed by atoms with Crippen LogP contribution in [0, 0.1) is 0 Å². The summed E-state index contributed by atoms with van der Waals surface area (Å²) in [4.78, 5) is 16.1. The SMILES string of the molecule is O=C(O)Cc1csc(SCc2sc3ccccc3c2Cl)n1. The number of nitrogens with zero attached hydrogens (tertiary/aromatic N) is 1. The first kappa shape index (κ1) is 14.8. The van der Waals surface area contributed by atoms with E-state index in [9.17, 15) is 4.79 Å². The average molecular weight is 356 g/mol. The van der Waals surface area contributed by atoms with Gasteiger partial charge in [0, 0.05) is 26.1 Å². The predicted molar refractivity (Wildman–Crippen MR) is 89.8 cm³/mol. The summed E-state index contributed by atoms with van der Waals surface area (Å²) >= 11 is 11.2. The minimum Gasteiger partial charge on any atom is -0.481 e. The molecular weight excluding hydrogens is 346 g/mol. The standard InChI is InChI=1S/C14H10ClNO2S3/c15-13-9-3-1-2-4-10(9)21-11(13)7-20-14-16-8(6-19-14)5-12(17)18/h1-4,6H,5,7H2,(H,17,18). The van der Waals surface area contributed by atoms with Gasteiger partial charge in [0.25, 0.3) is 0 Å². The zero-order chi connectivity index (χ0) is 14.8. The van der Waals surface area contributed by atoms with Crippen LogP contribution in [0.15, 0.2) is 34.0 Å². The van der Waals surface area contributed by atoms with Crippen LogP contribution in [0.25, 0.3) is 10.1 Å². The number of benzene rings is 1. The number of hydrogen-bond acceptors (Lipinski definition) is 5. The number of thiophene rings is 1. The van der Waals surface area contributed by atoms with Crippen LogP contribution < -0.4 is 0 Å². The summed E-state index contributed by atoms with van der Waals surface area (Å²) in [7, 11) is 0. The summed E-state index contributed by atoms with van der Waals surface area (Å²) in [6, 6.07) is 8.08. The van der Waals surface area contributed by atoms with E-state index in [1.807, 2.05) is 18.2 Å². The fourth-order valence-electron chi connectivity index (χ4n) is 1.88. The van der Waals surface area contributed by atoms with Crippen molar-refractivity contribution in [1.29, 1.82) is 0 Å². The van der Waals surface area contributed by atoms with Gasteiger partial charge in [0.15, 0.2) is 0 Å². The van der Waals surface area contributed by atoms with Gasteiger partial charge in [0.2, 0.25) is 0 Å². The molecule has 3 nitrogen and oxygen atoms in total. The summed E-state index contributed by atoms with van der Waals surface area (Å²) < 4.78 is 2.06. The molecule has 0 aliphatic carbocycles. The molecule has 0 aliphatic rings. The van der Waals surface area contributed by atoms with Crippen LogP contribution in [0.1, 0.15) is 10.6 Å². The molecule has 2 heterocycles. The van der Waals surface area contributed by atoms with Gasteiger partial charge < -0.3 is 5.11 Å². The van der Waals surface area contributed by atoms with Crippen molar-refractivity contribution < 1.29 is 9.90 Å². The smallest absolute Gasteiger partial charge is 0.309 e. The first-order valence-electron chi connectivity index (χ1n) is 6.08. The molecule has 2 aromatic heterocycles. The third-order valence-electron chi connectivity index (χ3n) is 2.79. The van der Waals surface area contributed by atoms with E-state index >= 15 is 0 Å². The predicted octanol–water partition coefficient (Wildman–Crippen LogP) is 4.93. The molecule has 0 saturated heterocycles. The van der Waals surface area contributed by atoms with E-state index in [1.54, 1.807) is 28.5 Å². The number of thiazole rings is 1. The Labute approximate surface area is 138 Å². The van der Waals surface area contributed by atoms with Crippen molar-refractivity contribution in [3.05, 3.63) is 45.2 Å². The molecular formula is C14H10ClNO2S3. The third kappa shape index (κ3) is 3.40. The lowest BCUT2D eigenvalue weighted by Crippen LogP contribution is -1.99. The highest BCUT2D eigenvalue weighted by Gasteiger charge is 2.12. The highest BCUT2D eigenvalue weighted by molar-refractivity contribution is 8.00. The number of aromatic nitrogens is 1. The number of carboxylic acid groups (broad SMARTS) is 1. The number of rotatable bonds is 5. The Balaban J connectivity index is 1.73. The highest BCUT2D eigenvalue weighted by Crippen LogP contribution is 2.39. The average Bonchev–Trinajstić information content (AvgIpc) is 3.02. The van der Waals surface area contributed by atoms with E-state index in [0.717, 1.165) is 25.4 Å². The van der Waals surface area contributed by atoms with E-state index in [2.05, 4.69) is 11.1 Å². The van der Waals surface area contributed by atoms with Gasteiger partial charge in [-0.25, -0.2) is 4.98 Å². The molecule has 1 aromatic carbocycles. The van der Waals surface area contributed by atoms with Gasteiger partial charge >= 0.3 is 5.97 Å². The number of thioether (sulfide) groups is 1. The number of carboxylic acids is 1. The molecule has 0 amide bonds. The van der Waals surface area contributed by atoms with Crippen LogP contribution in [0.4, 0.5) is 0 Å². The summed E-state index contributed by atoms with van der Waals surface area (Å²) in [5, 5.41) is 12.4. The molecule has 0 radical (unpaired) electrons. The topological polar surface area (TPSA) is 50.2 Å². The van der Waals surface area contributed by atoms with Gasteiger partial charge in [-0.2, -0.15) is 0 Å². The highest BCUT2D eigenvalue weighted by atomic mass is 35.5. The van der Waals surface area contributed by atoms with E-state index in [1.165, 1.54) is 16.0 Å². The lowest BCUT2D eigenvalue weighted by Gasteiger charge is -1.96. The maximum Gasteiger partial charge on any atom is 0.309 e. The molecule has 0 fully saturated rings. The molecule has 0 aliphatic heterocycles. The minimum atomic E-state index is -0.857. The van der Waals surface area contributed by atoms with Crippen molar-refractivity contribution in [3.8, 4) is 0 Å². The first-order chi connectivity index (χ1) is 10.1. The minimum absolute atomic E-state index is 0.0271. The van der Waals surface area contributed by atoms with Crippen molar-refractivity contribution in [1.82, 2.24) is 4.98 Å². The van der Waals surface area contributed by atoms with E-state index < -0.39 is 5.97 Å². The monoisotopic (exact) mass is 355 g/mol. The summed E-state index contributed by atoms with van der Waals surface area (Å²) in [6.45, 7) is 0. The normalized spacial score (nSPS) is 11.1. The molecule has 0 spiro atoms. The zero-order valence-corrected chi connectivity index (χ0v) is 13.9. The third-order valence-corrected chi connectivity index (χ3v) is 6.78. The largest absolute Gasteiger partial charge is 0.481 e. The Morgan fingerprint density at radius 2 is 2.19 bits per heavy atom. The van der Waals surface area contributed by atoms with Crippen LogP contribution in [0.2, 0.25) is 5.02 Å². The fourth-order valence-corrected chi connectivity index (χ4v) is 5.38. The molecule has 3 rings (SSSR count). The quantitative estimate of drug-likeness (QED) is 0.659. The first-order valence-corrected chi connectivity index (χ1v) is 9.14. The summed E-state index contributed by atoms with van der Waals surface area (Å²) in [5.41, 5.74) is 0.609. The van der Waals surface area contributed by atoms with Crippen LogP contribution >= 0.6 is 46.0 Å². The fraction of sp³-hybridized carbons (Fsp3) is 0.143. The number of halogens is 1. The summed E-state index contributed by atoms with van der Waals surface area (Å²) in [6.07, 6.45) is -0.0271. The number of aliphatic carboxylic acids is 1. The van der Waals surface area contributed by atoms with Gasteiger partial charge in [-0.1, -0.05) is 41.6 Å². The Hall–Kier alpha value is -1.08. The molecule has 7 heteroatoms. The maximum absolute atomic E-state index is 10.6. The molecule has 3 aromatic rings. The Bertz CT molecular complexity index is 796. The molecule has 21 heavy (non-hydrogen) atoms. The van der Waals surface area contributed by atoms with Crippen LogP contribution in [-0.2, 0) is 17.0 Å². The van der Waals surface area contributed by atoms with Crippen molar-refractivity contribution in [2.24, 2.45) is 0 Å². The van der Waals surface area contributed by atoms with Crippen LogP contribution in [0.5, 0.6) is 0 Å². The Morgan fingerprint density at radius 1 is 1.38 bits per heavy atom. The summed E-state index contributed by atoms with van der Waals surface area (Å²) in [5.74, 6) is -0.109. The van der Waals surface area contributed by atoms with Crippen molar-refractivity contribution in [2.75, 3.05) is 0 Å². The second kappa shape index (κ2) is 6.36. The van der Waals surface area contributed by atoms with Crippen molar-refractivity contribution in [2.45, 2.75) is 16.5 Å². The number of fused-ring (bicyclic) bond motifs is 1. The van der Waals surface area contributed by atoms with Gasteiger partial charge in [-0.15, -0.1) is 22.7 Å². The van der Waals surface area contributed by atoms with E-state index in [0.29, 0.717) is 5.69 Å². The molecule has 0 atom stereocenters. The lowest BCUT2D eigenvalue weighted by atomic mass is 10.2. The van der Waals surface area contributed by atoms with Crippen LogP contribution in [0.3, 0.4) is 0 Å². The van der Waals surface area contributed by atoms with Crippen LogP contribution in [-0.4, -0.2) is 16.1 Å². The Morgan fingerprint density at radius 3 is 2.95 bits per heavy atom. The second-order valence-electron chi connectivity index (χ2n) is 4.30. The molecule has 108 valence electrons. The van der Waals surface area contributed by atoms with Gasteiger partial charge in [-0.3, -0.25) is 4.79 Å². The lowest BCUT2D eigenvalue weighted by molar-refractivity contribution is -0.136. The van der Waals surface area contributed by atoms with Gasteiger partial charge in [-0.05, 0) is 6.07 Å². The Kier molecular flexibility index (Phi) is 4.49. The number of hydrogen-bond donors (Lipinski definition) is 1. The molecule has 0 unspecified atom stereocenters. The van der Waals surface area contributed by atoms with Gasteiger partial charge in [0.05, 0.1) is 17.1 Å². The molecule has 0 bridgehead atoms.